The minimum Gasteiger partial charge on any atom is -0.483 e. The third kappa shape index (κ3) is 6.11. The first-order valence-corrected chi connectivity index (χ1v) is 13.3. The quantitative estimate of drug-likeness (QED) is 0.186. The number of thioether (sulfide) groups is 1. The molecule has 0 aliphatic heterocycles. The Morgan fingerprint density at radius 3 is 2.53 bits per heavy atom. The zero-order valence-corrected chi connectivity index (χ0v) is 23.5. The fourth-order valence-electron chi connectivity index (χ4n) is 3.59. The van der Waals surface area contributed by atoms with Crippen LogP contribution >= 0.6 is 34.7 Å². The molecule has 2 aromatic heterocycles. The van der Waals surface area contributed by atoms with Crippen LogP contribution < -0.4 is 10.1 Å². The molecule has 1 amide bonds. The Morgan fingerprint density at radius 2 is 1.92 bits per heavy atom. The molecular formula is C25H29ClN4O4S2. The second-order valence-electron chi connectivity index (χ2n) is 8.19. The molecule has 1 unspecified atom stereocenters. The van der Waals surface area contributed by atoms with Gasteiger partial charge in [0.25, 0.3) is 0 Å². The van der Waals surface area contributed by atoms with Crippen LogP contribution in [-0.4, -0.2) is 39.5 Å². The predicted molar refractivity (Wildman–Crippen MR) is 145 cm³/mol. The second kappa shape index (κ2) is 11.9. The Balaban J connectivity index is 1.73. The number of nitrogens with zero attached hydrogens (tertiary/aromatic N) is 3. The molecule has 1 aromatic carbocycles. The summed E-state index contributed by atoms with van der Waals surface area (Å²) in [5.74, 6) is 0.635. The summed E-state index contributed by atoms with van der Waals surface area (Å²) in [5.41, 5.74) is 3.04. The molecule has 0 saturated heterocycles. The summed E-state index contributed by atoms with van der Waals surface area (Å²) >= 11 is 8.86. The zero-order chi connectivity index (χ0) is 26.6. The number of carbonyl (C=O) groups is 2. The Morgan fingerprint density at radius 1 is 1.25 bits per heavy atom. The predicted octanol–water partition coefficient (Wildman–Crippen LogP) is 6.07. The van der Waals surface area contributed by atoms with E-state index in [4.69, 9.17) is 21.1 Å². The minimum absolute atomic E-state index is 0.0801. The van der Waals surface area contributed by atoms with Crippen LogP contribution in [0.3, 0.4) is 0 Å². The first-order valence-electron chi connectivity index (χ1n) is 11.2. The first kappa shape index (κ1) is 27.8. The molecule has 2 heterocycles. The number of aryl methyl sites for hydroxylation is 3. The van der Waals surface area contributed by atoms with E-state index in [1.165, 1.54) is 30.2 Å². The highest BCUT2D eigenvalue weighted by Gasteiger charge is 2.23. The van der Waals surface area contributed by atoms with E-state index in [0.717, 1.165) is 21.6 Å². The molecule has 0 bridgehead atoms. The largest absolute Gasteiger partial charge is 0.483 e. The normalized spacial score (nSPS) is 11.8. The van der Waals surface area contributed by atoms with Crippen molar-refractivity contribution in [1.82, 2.24) is 14.8 Å². The molecule has 0 spiro atoms. The van der Waals surface area contributed by atoms with Crippen LogP contribution in [-0.2, 0) is 16.1 Å². The van der Waals surface area contributed by atoms with Crippen LogP contribution in [0.15, 0.2) is 29.9 Å². The average Bonchev–Trinajstić information content (AvgIpc) is 3.35. The van der Waals surface area contributed by atoms with Crippen LogP contribution in [0.1, 0.15) is 50.8 Å². The Bertz CT molecular complexity index is 1280. The van der Waals surface area contributed by atoms with Gasteiger partial charge in [-0.3, -0.25) is 9.36 Å². The van der Waals surface area contributed by atoms with E-state index < -0.39 is 12.1 Å². The Labute approximate surface area is 224 Å². The third-order valence-corrected chi connectivity index (χ3v) is 8.19. The van der Waals surface area contributed by atoms with Crippen LogP contribution in [0.5, 0.6) is 5.75 Å². The summed E-state index contributed by atoms with van der Waals surface area (Å²) in [4.78, 5) is 25.8. The summed E-state index contributed by atoms with van der Waals surface area (Å²) in [7, 11) is 1.32. The van der Waals surface area contributed by atoms with Gasteiger partial charge in [-0.1, -0.05) is 29.4 Å². The van der Waals surface area contributed by atoms with Crippen LogP contribution in [0.4, 0.5) is 5.00 Å². The van der Waals surface area contributed by atoms with Gasteiger partial charge in [-0.15, -0.1) is 28.1 Å². The van der Waals surface area contributed by atoms with Gasteiger partial charge in [0.2, 0.25) is 5.91 Å². The molecular weight excluding hydrogens is 520 g/mol. The summed E-state index contributed by atoms with van der Waals surface area (Å²) in [6.07, 6.45) is 1.33. The Hall–Kier alpha value is -2.82. The summed E-state index contributed by atoms with van der Waals surface area (Å²) in [6, 6.07) is 3.77. The molecule has 0 fully saturated rings. The third-order valence-electron chi connectivity index (χ3n) is 5.50. The molecule has 8 nitrogen and oxygen atoms in total. The van der Waals surface area contributed by atoms with E-state index in [2.05, 4.69) is 22.1 Å². The number of carbonyl (C=O) groups excluding carboxylic acids is 2. The number of anilines is 1. The number of allylic oxidation sites excluding steroid dienone is 1. The van der Waals surface area contributed by atoms with Gasteiger partial charge < -0.3 is 14.8 Å². The Kier molecular flexibility index (Phi) is 9.21. The van der Waals surface area contributed by atoms with Crippen LogP contribution in [0, 0.1) is 27.7 Å². The van der Waals surface area contributed by atoms with Crippen molar-refractivity contribution < 1.29 is 19.1 Å². The number of ether oxygens (including phenoxy) is 2. The maximum atomic E-state index is 12.7. The van der Waals surface area contributed by atoms with Crippen molar-refractivity contribution in [2.75, 3.05) is 18.2 Å². The molecule has 0 radical (unpaired) electrons. The highest BCUT2D eigenvalue weighted by molar-refractivity contribution is 7.99. The fraction of sp³-hybridized carbons (Fsp3) is 0.360. The summed E-state index contributed by atoms with van der Waals surface area (Å²) < 4.78 is 12.9. The van der Waals surface area contributed by atoms with E-state index in [9.17, 15) is 9.59 Å². The molecule has 0 aliphatic carbocycles. The van der Waals surface area contributed by atoms with Crippen molar-refractivity contribution in [1.29, 1.82) is 0 Å². The number of halogens is 1. The lowest BCUT2D eigenvalue weighted by molar-refractivity contribution is -0.113. The number of amides is 1. The van der Waals surface area contributed by atoms with Gasteiger partial charge in [-0.25, -0.2) is 4.79 Å². The van der Waals surface area contributed by atoms with E-state index in [-0.39, 0.29) is 11.7 Å². The van der Waals surface area contributed by atoms with Crippen molar-refractivity contribution >= 4 is 51.6 Å². The monoisotopic (exact) mass is 548 g/mol. The topological polar surface area (TPSA) is 95.3 Å². The number of rotatable bonds is 10. The molecule has 0 saturated carbocycles. The fourth-order valence-corrected chi connectivity index (χ4v) is 5.52. The van der Waals surface area contributed by atoms with Crippen molar-refractivity contribution in [2.24, 2.45) is 0 Å². The molecule has 192 valence electrons. The van der Waals surface area contributed by atoms with Gasteiger partial charge in [0.1, 0.15) is 10.8 Å². The van der Waals surface area contributed by atoms with Crippen LogP contribution in [0.25, 0.3) is 0 Å². The van der Waals surface area contributed by atoms with Crippen LogP contribution in [0.2, 0.25) is 5.02 Å². The number of esters is 1. The number of hydrogen-bond donors (Lipinski definition) is 1. The van der Waals surface area contributed by atoms with Gasteiger partial charge >= 0.3 is 5.97 Å². The molecule has 1 N–H and O–H groups in total. The van der Waals surface area contributed by atoms with Crippen molar-refractivity contribution in [3.8, 4) is 5.75 Å². The number of benzene rings is 1. The minimum atomic E-state index is -0.477. The van der Waals surface area contributed by atoms with E-state index in [0.29, 0.717) is 38.9 Å². The van der Waals surface area contributed by atoms with Gasteiger partial charge in [-0.2, -0.15) is 0 Å². The maximum absolute atomic E-state index is 12.7. The number of nitrogens with one attached hydrogen (secondary N) is 1. The van der Waals surface area contributed by atoms with Gasteiger partial charge in [-0.05, 0) is 63.4 Å². The number of methoxy groups -OCH3 is 1. The number of aromatic nitrogens is 3. The summed E-state index contributed by atoms with van der Waals surface area (Å²) in [5, 5.41) is 13.2. The van der Waals surface area contributed by atoms with Gasteiger partial charge in [0.05, 0.1) is 18.4 Å². The van der Waals surface area contributed by atoms with E-state index in [1.54, 1.807) is 6.08 Å². The van der Waals surface area contributed by atoms with Crippen molar-refractivity contribution in [2.45, 2.75) is 52.4 Å². The van der Waals surface area contributed by atoms with Crippen molar-refractivity contribution in [3.63, 3.8) is 0 Å². The smallest absolute Gasteiger partial charge is 0.341 e. The summed E-state index contributed by atoms with van der Waals surface area (Å²) in [6.45, 7) is 13.8. The highest BCUT2D eigenvalue weighted by Crippen LogP contribution is 2.33. The zero-order valence-electron chi connectivity index (χ0n) is 21.1. The SMILES string of the molecule is C=CCn1c(SCC(=O)Nc2sc(C)c(C)c2C(=O)OC)nnc1C(C)Oc1cc(C)c(Cl)c(C)c1. The van der Waals surface area contributed by atoms with Crippen molar-refractivity contribution in [3.05, 3.63) is 62.8 Å². The lowest BCUT2D eigenvalue weighted by atomic mass is 10.1. The lowest BCUT2D eigenvalue weighted by Gasteiger charge is -2.17. The maximum Gasteiger partial charge on any atom is 0.341 e. The second-order valence-corrected chi connectivity index (χ2v) is 10.7. The van der Waals surface area contributed by atoms with E-state index in [1.807, 2.05) is 51.3 Å². The molecule has 36 heavy (non-hydrogen) atoms. The molecule has 1 atom stereocenters. The lowest BCUT2D eigenvalue weighted by Crippen LogP contribution is -2.17. The standard InChI is InChI=1S/C25H29ClN4O4S2/c1-8-9-30-22(16(5)34-18-10-13(2)21(26)14(3)11-18)28-29-25(30)35-12-19(31)27-23-20(24(32)33-7)15(4)17(6)36-23/h8,10-11,16H,1,9,12H2,2-7H3,(H,27,31). The molecule has 0 aliphatic rings. The molecule has 3 rings (SSSR count). The number of thiophene rings is 1. The molecule has 3 aromatic rings. The average molecular weight is 549 g/mol. The molecule has 11 heteroatoms. The van der Waals surface area contributed by atoms with Gasteiger partial charge in [0, 0.05) is 16.4 Å². The highest BCUT2D eigenvalue weighted by atomic mass is 35.5. The van der Waals surface area contributed by atoms with Gasteiger partial charge in [0.15, 0.2) is 17.1 Å². The first-order chi connectivity index (χ1) is 17.1. The number of hydrogen-bond acceptors (Lipinski definition) is 8. The van der Waals surface area contributed by atoms with E-state index >= 15 is 0 Å².